The van der Waals surface area contributed by atoms with Crippen molar-refractivity contribution < 1.29 is 5.11 Å². The minimum absolute atomic E-state index is 0.150. The van der Waals surface area contributed by atoms with E-state index in [2.05, 4.69) is 11.9 Å². The minimum Gasteiger partial charge on any atom is -0.493 e. The van der Waals surface area contributed by atoms with Gasteiger partial charge in [0.25, 0.3) is 0 Å². The van der Waals surface area contributed by atoms with E-state index in [4.69, 9.17) is 5.11 Å². The van der Waals surface area contributed by atoms with Crippen molar-refractivity contribution in [2.45, 2.75) is 12.7 Å². The molecule has 1 heterocycles. The summed E-state index contributed by atoms with van der Waals surface area (Å²) in [5.74, 6) is 2.17. The highest BCUT2D eigenvalue weighted by Crippen LogP contribution is 2.19. The second-order valence-electron chi connectivity index (χ2n) is 1.74. The lowest BCUT2D eigenvalue weighted by atomic mass is 10.8. The number of nitrogens with zero attached hydrogens (tertiary/aromatic N) is 1. The van der Waals surface area contributed by atoms with Crippen LogP contribution in [-0.4, -0.2) is 15.8 Å². The van der Waals surface area contributed by atoms with Crippen molar-refractivity contribution in [3.05, 3.63) is 10.4 Å². The van der Waals surface area contributed by atoms with Gasteiger partial charge in [0.15, 0.2) is 0 Å². The number of thioether (sulfide) groups is 1. The number of rotatable bonds is 3. The number of thiazole rings is 1. The standard InChI is InChI=1S/C6H9NOS2/c1-2-9-4-6-7-5(8)3-10-6/h3,8H,2,4H2,1H3. The maximum Gasteiger partial charge on any atom is 0.222 e. The summed E-state index contributed by atoms with van der Waals surface area (Å²) in [6.07, 6.45) is 0. The van der Waals surface area contributed by atoms with Crippen LogP contribution in [0, 0.1) is 0 Å². The summed E-state index contributed by atoms with van der Waals surface area (Å²) >= 11 is 3.32. The quantitative estimate of drug-likeness (QED) is 0.763. The first-order valence-corrected chi connectivity index (χ1v) is 5.07. The Balaban J connectivity index is 2.42. The molecule has 0 spiro atoms. The minimum atomic E-state index is 0.150. The van der Waals surface area contributed by atoms with Crippen LogP contribution in [0.1, 0.15) is 11.9 Å². The Morgan fingerprint density at radius 1 is 1.80 bits per heavy atom. The molecule has 0 radical (unpaired) electrons. The van der Waals surface area contributed by atoms with Gasteiger partial charge < -0.3 is 5.11 Å². The van der Waals surface area contributed by atoms with Gasteiger partial charge in [-0.1, -0.05) is 6.92 Å². The monoisotopic (exact) mass is 175 g/mol. The number of hydrogen-bond donors (Lipinski definition) is 1. The molecule has 56 valence electrons. The highest BCUT2D eigenvalue weighted by Gasteiger charge is 1.97. The zero-order chi connectivity index (χ0) is 7.40. The molecule has 4 heteroatoms. The van der Waals surface area contributed by atoms with E-state index >= 15 is 0 Å². The van der Waals surface area contributed by atoms with E-state index in [0.717, 1.165) is 16.5 Å². The third-order valence-electron chi connectivity index (χ3n) is 0.969. The normalized spacial score (nSPS) is 10.1. The average Bonchev–Trinajstić information content (AvgIpc) is 2.31. The van der Waals surface area contributed by atoms with Crippen LogP contribution in [0.25, 0.3) is 0 Å². The third kappa shape index (κ3) is 2.19. The van der Waals surface area contributed by atoms with E-state index in [1.807, 2.05) is 11.8 Å². The second kappa shape index (κ2) is 3.83. The molecule has 2 nitrogen and oxygen atoms in total. The lowest BCUT2D eigenvalue weighted by Gasteiger charge is -1.89. The fraction of sp³-hybridized carbons (Fsp3) is 0.500. The van der Waals surface area contributed by atoms with Crippen molar-refractivity contribution in [2.75, 3.05) is 5.75 Å². The Hall–Kier alpha value is -0.220. The molecule has 0 fully saturated rings. The summed E-state index contributed by atoms with van der Waals surface area (Å²) in [5.41, 5.74) is 0. The molecule has 1 aromatic rings. The zero-order valence-corrected chi connectivity index (χ0v) is 7.34. The molecule has 0 aliphatic carbocycles. The van der Waals surface area contributed by atoms with Crippen LogP contribution in [0.15, 0.2) is 5.38 Å². The fourth-order valence-corrected chi connectivity index (χ4v) is 1.96. The molecule has 0 aromatic carbocycles. The van der Waals surface area contributed by atoms with Crippen molar-refractivity contribution in [2.24, 2.45) is 0 Å². The first kappa shape index (κ1) is 7.88. The lowest BCUT2D eigenvalue weighted by molar-refractivity contribution is 0.456. The topological polar surface area (TPSA) is 33.1 Å². The van der Waals surface area contributed by atoms with Gasteiger partial charge in [0, 0.05) is 5.75 Å². The Bertz CT molecular complexity index is 199. The predicted molar refractivity (Wildman–Crippen MR) is 45.6 cm³/mol. The smallest absolute Gasteiger partial charge is 0.222 e. The average molecular weight is 175 g/mol. The maximum atomic E-state index is 8.84. The highest BCUT2D eigenvalue weighted by molar-refractivity contribution is 7.98. The van der Waals surface area contributed by atoms with Crippen LogP contribution >= 0.6 is 23.1 Å². The van der Waals surface area contributed by atoms with Crippen LogP contribution in [0.2, 0.25) is 0 Å². The van der Waals surface area contributed by atoms with Crippen LogP contribution in [-0.2, 0) is 5.75 Å². The Morgan fingerprint density at radius 2 is 2.60 bits per heavy atom. The summed E-state index contributed by atoms with van der Waals surface area (Å²) in [7, 11) is 0. The van der Waals surface area contributed by atoms with Crippen LogP contribution in [0.3, 0.4) is 0 Å². The van der Waals surface area contributed by atoms with Gasteiger partial charge in [0.2, 0.25) is 5.88 Å². The molecule has 0 aliphatic heterocycles. The molecule has 0 atom stereocenters. The maximum absolute atomic E-state index is 8.84. The van der Waals surface area contributed by atoms with E-state index in [-0.39, 0.29) is 5.88 Å². The summed E-state index contributed by atoms with van der Waals surface area (Å²) in [4.78, 5) is 3.90. The van der Waals surface area contributed by atoms with Crippen LogP contribution < -0.4 is 0 Å². The van der Waals surface area contributed by atoms with Gasteiger partial charge in [-0.05, 0) is 5.75 Å². The van der Waals surface area contributed by atoms with E-state index in [1.54, 1.807) is 5.38 Å². The van der Waals surface area contributed by atoms with Crippen molar-refractivity contribution in [3.63, 3.8) is 0 Å². The molecule has 0 saturated heterocycles. The molecule has 0 aliphatic rings. The SMILES string of the molecule is CCSCc1nc(O)cs1. The van der Waals surface area contributed by atoms with Crippen molar-refractivity contribution in [1.82, 2.24) is 4.98 Å². The summed E-state index contributed by atoms with van der Waals surface area (Å²) in [6, 6.07) is 0. The van der Waals surface area contributed by atoms with E-state index < -0.39 is 0 Å². The van der Waals surface area contributed by atoms with Gasteiger partial charge in [-0.2, -0.15) is 11.8 Å². The summed E-state index contributed by atoms with van der Waals surface area (Å²) in [5, 5.41) is 11.5. The Morgan fingerprint density at radius 3 is 3.10 bits per heavy atom. The van der Waals surface area contributed by atoms with Gasteiger partial charge in [-0.15, -0.1) is 11.3 Å². The lowest BCUT2D eigenvalue weighted by Crippen LogP contribution is -1.76. The van der Waals surface area contributed by atoms with Gasteiger partial charge in [-0.25, -0.2) is 4.98 Å². The number of hydrogen-bond acceptors (Lipinski definition) is 4. The largest absolute Gasteiger partial charge is 0.493 e. The fourth-order valence-electron chi connectivity index (χ4n) is 0.557. The third-order valence-corrected chi connectivity index (χ3v) is 2.87. The molecule has 0 saturated carbocycles. The predicted octanol–water partition coefficient (Wildman–Crippen LogP) is 2.10. The van der Waals surface area contributed by atoms with Gasteiger partial charge in [0.1, 0.15) is 5.01 Å². The summed E-state index contributed by atoms with van der Waals surface area (Å²) in [6.45, 7) is 2.11. The number of aromatic hydroxyl groups is 1. The highest BCUT2D eigenvalue weighted by atomic mass is 32.2. The summed E-state index contributed by atoms with van der Waals surface area (Å²) < 4.78 is 0. The molecule has 1 rings (SSSR count). The molecule has 1 N–H and O–H groups in total. The van der Waals surface area contributed by atoms with Crippen molar-refractivity contribution >= 4 is 23.1 Å². The van der Waals surface area contributed by atoms with E-state index in [1.165, 1.54) is 11.3 Å². The zero-order valence-electron chi connectivity index (χ0n) is 5.70. The van der Waals surface area contributed by atoms with Gasteiger partial charge in [0.05, 0.1) is 5.38 Å². The second-order valence-corrected chi connectivity index (χ2v) is 3.95. The molecule has 0 amide bonds. The Kier molecular flexibility index (Phi) is 3.02. The first-order valence-electron chi connectivity index (χ1n) is 3.04. The molecule has 1 aromatic heterocycles. The van der Waals surface area contributed by atoms with Crippen molar-refractivity contribution in [1.29, 1.82) is 0 Å². The molecular formula is C6H9NOS2. The molecule has 0 bridgehead atoms. The molecule has 0 unspecified atom stereocenters. The van der Waals surface area contributed by atoms with E-state index in [9.17, 15) is 0 Å². The Labute approximate surface area is 68.3 Å². The molecular weight excluding hydrogens is 166 g/mol. The first-order chi connectivity index (χ1) is 4.83. The number of aromatic nitrogens is 1. The van der Waals surface area contributed by atoms with Gasteiger partial charge in [-0.3, -0.25) is 0 Å². The molecule has 10 heavy (non-hydrogen) atoms. The van der Waals surface area contributed by atoms with Crippen LogP contribution in [0.4, 0.5) is 0 Å². The van der Waals surface area contributed by atoms with E-state index in [0.29, 0.717) is 0 Å². The van der Waals surface area contributed by atoms with Crippen LogP contribution in [0.5, 0.6) is 5.88 Å². The van der Waals surface area contributed by atoms with Gasteiger partial charge >= 0.3 is 0 Å². The van der Waals surface area contributed by atoms with Crippen molar-refractivity contribution in [3.8, 4) is 5.88 Å².